The van der Waals surface area contributed by atoms with Gasteiger partial charge in [-0.05, 0) is 25.3 Å². The van der Waals surface area contributed by atoms with E-state index in [1.807, 2.05) is 13.8 Å². The smallest absolute Gasteiger partial charge is 0.187 e. The van der Waals surface area contributed by atoms with Gasteiger partial charge in [-0.3, -0.25) is 14.9 Å². The Bertz CT molecular complexity index is 377. The van der Waals surface area contributed by atoms with Crippen LogP contribution >= 0.6 is 11.8 Å². The Morgan fingerprint density at radius 3 is 2.70 bits per heavy atom. The Morgan fingerprint density at radius 2 is 2.20 bits per heavy atom. The molecule has 2 saturated heterocycles. The van der Waals surface area contributed by atoms with Crippen LogP contribution in [0.25, 0.3) is 0 Å². The van der Waals surface area contributed by atoms with Gasteiger partial charge in [0.1, 0.15) is 0 Å². The lowest BCUT2D eigenvalue weighted by atomic mass is 9.88. The summed E-state index contributed by atoms with van der Waals surface area (Å²) in [6.07, 6.45) is 2.64. The topological polar surface area (TPSA) is 84.2 Å². The van der Waals surface area contributed by atoms with E-state index in [1.54, 1.807) is 0 Å². The Hall–Kier alpha value is -0.430. The van der Waals surface area contributed by atoms with Crippen molar-refractivity contribution in [2.24, 2.45) is 11.7 Å². The van der Waals surface area contributed by atoms with Crippen LogP contribution in [-0.2, 0) is 9.59 Å². The van der Waals surface area contributed by atoms with Gasteiger partial charge in [-0.25, -0.2) is 0 Å². The van der Waals surface area contributed by atoms with Crippen molar-refractivity contribution >= 4 is 23.3 Å². The third-order valence-corrected chi connectivity index (χ3v) is 5.81. The first-order chi connectivity index (χ1) is 9.53. The van der Waals surface area contributed by atoms with E-state index < -0.39 is 10.9 Å². The molecule has 0 saturated carbocycles. The van der Waals surface area contributed by atoms with Gasteiger partial charge in [0.2, 0.25) is 0 Å². The fraction of sp³-hybridized carbons (Fsp3) is 0.857. The van der Waals surface area contributed by atoms with E-state index in [9.17, 15) is 9.59 Å². The highest BCUT2D eigenvalue weighted by molar-refractivity contribution is 8.02. The highest BCUT2D eigenvalue weighted by Crippen LogP contribution is 2.33. The highest BCUT2D eigenvalue weighted by atomic mass is 32.2. The van der Waals surface area contributed by atoms with Crippen LogP contribution in [0.2, 0.25) is 0 Å². The standard InChI is InChI=1S/C14H25N3O2S/c1-3-9(2)11(15)13(19)14(17-7-8-20-14)12(18)10-5-4-6-16-10/h9-11,16-17H,3-8,15H2,1-2H3. The number of thioether (sulfide) groups is 1. The number of ketones is 2. The van der Waals surface area contributed by atoms with Crippen molar-refractivity contribution in [1.82, 2.24) is 10.6 Å². The molecule has 2 rings (SSSR count). The summed E-state index contributed by atoms with van der Waals surface area (Å²) >= 11 is 1.42. The maximum atomic E-state index is 12.8. The van der Waals surface area contributed by atoms with E-state index >= 15 is 0 Å². The van der Waals surface area contributed by atoms with Crippen LogP contribution in [0.5, 0.6) is 0 Å². The quantitative estimate of drug-likeness (QED) is 0.611. The van der Waals surface area contributed by atoms with E-state index in [1.165, 1.54) is 11.8 Å². The minimum absolute atomic E-state index is 0.0266. The Balaban J connectivity index is 2.20. The summed E-state index contributed by atoms with van der Waals surface area (Å²) in [6.45, 7) is 5.51. The van der Waals surface area contributed by atoms with Crippen LogP contribution in [-0.4, -0.2) is 47.4 Å². The number of carbonyl (C=O) groups is 2. The number of rotatable bonds is 6. The van der Waals surface area contributed by atoms with Crippen LogP contribution in [0.15, 0.2) is 0 Å². The minimum atomic E-state index is -1.12. The lowest BCUT2D eigenvalue weighted by Crippen LogP contribution is -2.62. The first-order valence-corrected chi connectivity index (χ1v) is 8.48. The molecule has 20 heavy (non-hydrogen) atoms. The summed E-state index contributed by atoms with van der Waals surface area (Å²) < 4.78 is 0. The van der Waals surface area contributed by atoms with Crippen LogP contribution in [0.4, 0.5) is 0 Å². The molecule has 2 aliphatic rings. The first-order valence-electron chi connectivity index (χ1n) is 7.49. The predicted molar refractivity (Wildman–Crippen MR) is 81.7 cm³/mol. The molecule has 0 aromatic heterocycles. The number of hydrogen-bond acceptors (Lipinski definition) is 6. The molecule has 0 bridgehead atoms. The van der Waals surface area contributed by atoms with Gasteiger partial charge in [-0.15, -0.1) is 11.8 Å². The average Bonchev–Trinajstić information content (AvgIpc) is 3.15. The van der Waals surface area contributed by atoms with E-state index in [0.29, 0.717) is 6.54 Å². The van der Waals surface area contributed by atoms with Crippen molar-refractivity contribution in [2.75, 3.05) is 18.8 Å². The second kappa shape index (κ2) is 6.56. The van der Waals surface area contributed by atoms with Gasteiger partial charge < -0.3 is 11.1 Å². The first kappa shape index (κ1) is 15.9. The average molecular weight is 299 g/mol. The molecule has 4 unspecified atom stereocenters. The maximum Gasteiger partial charge on any atom is 0.187 e. The molecule has 0 spiro atoms. The molecular weight excluding hydrogens is 274 g/mol. The van der Waals surface area contributed by atoms with Crippen LogP contribution in [0, 0.1) is 5.92 Å². The van der Waals surface area contributed by atoms with Crippen LogP contribution in [0.1, 0.15) is 33.1 Å². The van der Waals surface area contributed by atoms with Crippen molar-refractivity contribution in [3.05, 3.63) is 0 Å². The molecule has 0 aliphatic carbocycles. The normalized spacial score (nSPS) is 33.0. The summed E-state index contributed by atoms with van der Waals surface area (Å²) in [5, 5.41) is 6.35. The van der Waals surface area contributed by atoms with E-state index in [2.05, 4.69) is 10.6 Å². The molecule has 5 nitrogen and oxygen atoms in total. The van der Waals surface area contributed by atoms with Crippen molar-refractivity contribution in [3.8, 4) is 0 Å². The maximum absolute atomic E-state index is 12.8. The largest absolute Gasteiger partial charge is 0.321 e. The van der Waals surface area contributed by atoms with E-state index in [4.69, 9.17) is 5.73 Å². The zero-order chi connectivity index (χ0) is 14.8. The fourth-order valence-corrected chi connectivity index (χ4v) is 4.10. The number of Topliss-reactive ketones (excluding diaryl/α,β-unsaturated/α-hetero) is 2. The molecule has 2 aliphatic heterocycles. The van der Waals surface area contributed by atoms with E-state index in [-0.39, 0.29) is 23.5 Å². The van der Waals surface area contributed by atoms with Crippen molar-refractivity contribution in [3.63, 3.8) is 0 Å². The highest BCUT2D eigenvalue weighted by Gasteiger charge is 2.53. The summed E-state index contributed by atoms with van der Waals surface area (Å²) in [5.41, 5.74) is 6.10. The number of nitrogens with two attached hydrogens (primary N) is 1. The van der Waals surface area contributed by atoms with Gasteiger partial charge in [0, 0.05) is 12.3 Å². The van der Waals surface area contributed by atoms with Gasteiger partial charge in [0.25, 0.3) is 0 Å². The molecular formula is C14H25N3O2S. The van der Waals surface area contributed by atoms with Crippen molar-refractivity contribution in [2.45, 2.75) is 50.1 Å². The molecule has 4 N–H and O–H groups in total. The zero-order valence-electron chi connectivity index (χ0n) is 12.3. The minimum Gasteiger partial charge on any atom is -0.321 e. The predicted octanol–water partition coefficient (Wildman–Crippen LogP) is 0.283. The third-order valence-electron chi connectivity index (χ3n) is 4.43. The molecule has 114 valence electrons. The number of nitrogens with one attached hydrogen (secondary N) is 2. The van der Waals surface area contributed by atoms with Crippen LogP contribution < -0.4 is 16.4 Å². The molecule has 0 amide bonds. The Kier molecular flexibility index (Phi) is 5.23. The number of carbonyl (C=O) groups excluding carboxylic acids is 2. The summed E-state index contributed by atoms with van der Waals surface area (Å²) in [4.78, 5) is 24.5. The summed E-state index contributed by atoms with van der Waals surface area (Å²) in [7, 11) is 0. The molecule has 0 aromatic rings. The lowest BCUT2D eigenvalue weighted by Gasteiger charge is -2.32. The molecule has 6 heteroatoms. The van der Waals surface area contributed by atoms with Crippen molar-refractivity contribution < 1.29 is 9.59 Å². The van der Waals surface area contributed by atoms with Gasteiger partial charge >= 0.3 is 0 Å². The van der Waals surface area contributed by atoms with Gasteiger partial charge in [-0.1, -0.05) is 20.3 Å². The molecule has 2 heterocycles. The molecule has 4 atom stereocenters. The van der Waals surface area contributed by atoms with Gasteiger partial charge in [-0.2, -0.15) is 0 Å². The monoisotopic (exact) mass is 299 g/mol. The van der Waals surface area contributed by atoms with Gasteiger partial charge in [0.15, 0.2) is 16.4 Å². The van der Waals surface area contributed by atoms with Gasteiger partial charge in [0.05, 0.1) is 12.1 Å². The second-order valence-electron chi connectivity index (χ2n) is 5.75. The lowest BCUT2D eigenvalue weighted by molar-refractivity contribution is -0.133. The second-order valence-corrected chi connectivity index (χ2v) is 7.05. The SMILES string of the molecule is CCC(C)C(N)C(=O)C1(C(=O)C2CCCN2)NCCS1. The van der Waals surface area contributed by atoms with Crippen molar-refractivity contribution in [1.29, 1.82) is 0 Å². The third kappa shape index (κ3) is 2.79. The number of hydrogen-bond donors (Lipinski definition) is 3. The molecule has 0 aromatic carbocycles. The molecule has 0 radical (unpaired) electrons. The Morgan fingerprint density at radius 1 is 1.45 bits per heavy atom. The fourth-order valence-electron chi connectivity index (χ4n) is 2.82. The Labute approximate surface area is 124 Å². The molecule has 2 fully saturated rings. The zero-order valence-corrected chi connectivity index (χ0v) is 13.1. The summed E-state index contributed by atoms with van der Waals surface area (Å²) in [5.74, 6) is 0.693. The summed E-state index contributed by atoms with van der Waals surface area (Å²) in [6, 6.07) is -0.787. The van der Waals surface area contributed by atoms with Crippen LogP contribution in [0.3, 0.4) is 0 Å². The van der Waals surface area contributed by atoms with E-state index in [0.717, 1.165) is 31.6 Å².